The third-order valence-corrected chi connectivity index (χ3v) is 4.22. The lowest BCUT2D eigenvalue weighted by Crippen LogP contribution is -2.16. The Bertz CT molecular complexity index is 688. The van der Waals surface area contributed by atoms with Gasteiger partial charge in [-0.05, 0) is 19.1 Å². The minimum Gasteiger partial charge on any atom is -0.266 e. The second kappa shape index (κ2) is 6.89. The van der Waals surface area contributed by atoms with E-state index in [0.29, 0.717) is 23.2 Å². The molecule has 0 unspecified atom stereocenters. The smallest absolute Gasteiger partial charge is 0.266 e. The zero-order chi connectivity index (χ0) is 17.2. The van der Waals surface area contributed by atoms with Crippen molar-refractivity contribution in [1.29, 1.82) is 0 Å². The molecule has 0 spiro atoms. The first-order valence-electron chi connectivity index (χ1n) is 6.32. The summed E-state index contributed by atoms with van der Waals surface area (Å²) < 4.78 is 51.2. The molecule has 1 heterocycles. The maximum absolute atomic E-state index is 13.6. The third kappa shape index (κ3) is 4.45. The van der Waals surface area contributed by atoms with Crippen molar-refractivity contribution in [2.24, 2.45) is 0 Å². The van der Waals surface area contributed by atoms with Crippen molar-refractivity contribution in [2.75, 3.05) is 6.61 Å². The lowest BCUT2D eigenvalue weighted by atomic mass is 10.1. The number of nitrogens with zero attached hydrogens (tertiary/aromatic N) is 2. The van der Waals surface area contributed by atoms with Crippen molar-refractivity contribution < 1.29 is 32.8 Å². The molecule has 2 N–H and O–H groups in total. The van der Waals surface area contributed by atoms with E-state index in [9.17, 15) is 17.6 Å². The summed E-state index contributed by atoms with van der Waals surface area (Å²) in [6, 6.07) is 2.64. The molecule has 23 heavy (non-hydrogen) atoms. The topological polar surface area (TPSA) is 65.8 Å². The number of benzene rings is 1. The normalized spacial score (nSPS) is 12.2. The quantitative estimate of drug-likeness (QED) is 0.632. The highest BCUT2D eigenvalue weighted by atomic mass is 32.1. The van der Waals surface area contributed by atoms with E-state index in [1.165, 1.54) is 11.3 Å². The van der Waals surface area contributed by atoms with Crippen LogP contribution in [0.15, 0.2) is 18.2 Å². The predicted molar refractivity (Wildman–Crippen MR) is 72.3 cm³/mol. The monoisotopic (exact) mass is 352 g/mol. The van der Waals surface area contributed by atoms with Crippen molar-refractivity contribution in [3.63, 3.8) is 0 Å². The Hall–Kier alpha value is -1.59. The van der Waals surface area contributed by atoms with Crippen molar-refractivity contribution in [3.8, 4) is 10.6 Å². The van der Waals surface area contributed by atoms with E-state index < -0.39 is 22.9 Å². The van der Waals surface area contributed by atoms with Gasteiger partial charge in [0.25, 0.3) is 0 Å². The van der Waals surface area contributed by atoms with Crippen LogP contribution in [0.5, 0.6) is 0 Å². The van der Waals surface area contributed by atoms with E-state index in [4.69, 9.17) is 10.4 Å². The van der Waals surface area contributed by atoms with Crippen LogP contribution in [0.3, 0.4) is 0 Å². The molecule has 0 aliphatic rings. The van der Waals surface area contributed by atoms with Crippen LogP contribution in [0.25, 0.3) is 10.6 Å². The van der Waals surface area contributed by atoms with Crippen molar-refractivity contribution in [2.45, 2.75) is 19.5 Å². The van der Waals surface area contributed by atoms with Gasteiger partial charge in [0, 0.05) is 16.9 Å². The van der Waals surface area contributed by atoms with Gasteiger partial charge in [-0.3, -0.25) is 15.3 Å². The van der Waals surface area contributed by atoms with Crippen LogP contribution in [-0.4, -0.2) is 27.4 Å². The van der Waals surface area contributed by atoms with Gasteiger partial charge in [-0.15, -0.1) is 11.3 Å². The SMILES string of the molecule is Cc1nc(-c2ccc(C(F)(F)F)c(F)c2)sc1CCON(O)O. The van der Waals surface area contributed by atoms with E-state index in [1.54, 1.807) is 6.92 Å². The summed E-state index contributed by atoms with van der Waals surface area (Å²) in [6.45, 7) is 1.66. The van der Waals surface area contributed by atoms with Crippen LogP contribution in [-0.2, 0) is 17.4 Å². The first-order valence-corrected chi connectivity index (χ1v) is 7.14. The number of hydrogen-bond acceptors (Lipinski definition) is 6. The maximum Gasteiger partial charge on any atom is 0.419 e. The van der Waals surface area contributed by atoms with Gasteiger partial charge in [-0.1, -0.05) is 6.07 Å². The van der Waals surface area contributed by atoms with Crippen LogP contribution in [0.4, 0.5) is 17.6 Å². The van der Waals surface area contributed by atoms with Gasteiger partial charge >= 0.3 is 6.18 Å². The predicted octanol–water partition coefficient (Wildman–Crippen LogP) is 3.83. The third-order valence-electron chi connectivity index (χ3n) is 2.95. The van der Waals surface area contributed by atoms with Gasteiger partial charge in [-0.2, -0.15) is 13.2 Å². The van der Waals surface area contributed by atoms with E-state index in [0.717, 1.165) is 17.0 Å². The number of rotatable bonds is 5. The number of aryl methyl sites for hydroxylation is 1. The van der Waals surface area contributed by atoms with Crippen molar-refractivity contribution >= 4 is 11.3 Å². The average Bonchev–Trinajstić information content (AvgIpc) is 2.78. The molecule has 0 saturated heterocycles. The molecule has 0 radical (unpaired) electrons. The summed E-state index contributed by atoms with van der Waals surface area (Å²) in [7, 11) is 0. The molecule has 2 aromatic rings. The molecule has 0 saturated carbocycles. The zero-order valence-electron chi connectivity index (χ0n) is 11.8. The van der Waals surface area contributed by atoms with E-state index in [2.05, 4.69) is 9.82 Å². The summed E-state index contributed by atoms with van der Waals surface area (Å²) in [5.41, 5.74) is -0.479. The lowest BCUT2D eigenvalue weighted by molar-refractivity contribution is -0.492. The highest BCUT2D eigenvalue weighted by molar-refractivity contribution is 7.15. The van der Waals surface area contributed by atoms with Crippen LogP contribution >= 0.6 is 11.3 Å². The fourth-order valence-electron chi connectivity index (χ4n) is 1.88. The number of alkyl halides is 3. The van der Waals surface area contributed by atoms with E-state index in [-0.39, 0.29) is 12.2 Å². The van der Waals surface area contributed by atoms with E-state index in [1.807, 2.05) is 0 Å². The molecule has 0 aliphatic heterocycles. The molecule has 0 aliphatic carbocycles. The molecule has 5 nitrogen and oxygen atoms in total. The first kappa shape index (κ1) is 17.8. The highest BCUT2D eigenvalue weighted by Crippen LogP contribution is 2.35. The number of hydrogen-bond donors (Lipinski definition) is 2. The molecule has 2 rings (SSSR count). The molecule has 0 amide bonds. The fourth-order valence-corrected chi connectivity index (χ4v) is 2.92. The summed E-state index contributed by atoms with van der Waals surface area (Å²) in [6.07, 6.45) is -4.44. The summed E-state index contributed by atoms with van der Waals surface area (Å²) >= 11 is 1.17. The molecule has 1 aromatic carbocycles. The van der Waals surface area contributed by atoms with Crippen LogP contribution in [0, 0.1) is 12.7 Å². The van der Waals surface area contributed by atoms with Gasteiger partial charge in [0.05, 0.1) is 23.3 Å². The Balaban J connectivity index is 2.21. The molecule has 126 valence electrons. The summed E-state index contributed by atoms with van der Waals surface area (Å²) in [5.74, 6) is -1.36. The standard InChI is InChI=1S/C13H12F4N2O3S/c1-7-11(4-5-22-19(20)21)23-12(18-7)8-2-3-9(10(14)6-8)13(15,16)17/h2-3,6,20-21H,4-5H2,1H3. The molecular weight excluding hydrogens is 340 g/mol. The minimum absolute atomic E-state index is 0.0309. The average molecular weight is 352 g/mol. The van der Waals surface area contributed by atoms with Gasteiger partial charge < -0.3 is 0 Å². The maximum atomic E-state index is 13.6. The Morgan fingerprint density at radius 3 is 2.57 bits per heavy atom. The molecular formula is C13H12F4N2O3S. The number of halogens is 4. The fraction of sp³-hybridized carbons (Fsp3) is 0.308. The molecule has 0 fully saturated rings. The molecule has 1 aromatic heterocycles. The highest BCUT2D eigenvalue weighted by Gasteiger charge is 2.34. The van der Waals surface area contributed by atoms with Gasteiger partial charge in [0.1, 0.15) is 10.8 Å². The minimum atomic E-state index is -4.75. The van der Waals surface area contributed by atoms with Gasteiger partial charge in [-0.25, -0.2) is 9.37 Å². The molecule has 10 heteroatoms. The van der Waals surface area contributed by atoms with Crippen molar-refractivity contribution in [1.82, 2.24) is 10.4 Å². The van der Waals surface area contributed by atoms with E-state index >= 15 is 0 Å². The Kier molecular flexibility index (Phi) is 5.32. The van der Waals surface area contributed by atoms with Gasteiger partial charge in [0.15, 0.2) is 0 Å². The van der Waals surface area contributed by atoms with Gasteiger partial charge in [0.2, 0.25) is 0 Å². The second-order valence-corrected chi connectivity index (χ2v) is 5.64. The molecule has 0 atom stereocenters. The van der Waals surface area contributed by atoms with Crippen LogP contribution in [0.1, 0.15) is 16.1 Å². The zero-order valence-corrected chi connectivity index (χ0v) is 12.6. The second-order valence-electron chi connectivity index (χ2n) is 4.56. The Morgan fingerprint density at radius 2 is 2.00 bits per heavy atom. The summed E-state index contributed by atoms with van der Waals surface area (Å²) in [5, 5.41) is 16.8. The van der Waals surface area contributed by atoms with Crippen LogP contribution < -0.4 is 0 Å². The number of thiazole rings is 1. The Labute approximate surface area is 132 Å². The number of aromatic nitrogens is 1. The first-order chi connectivity index (χ1) is 10.7. The lowest BCUT2D eigenvalue weighted by Gasteiger charge is -2.08. The molecule has 0 bridgehead atoms. The summed E-state index contributed by atoms with van der Waals surface area (Å²) in [4.78, 5) is 9.35. The van der Waals surface area contributed by atoms with Crippen LogP contribution in [0.2, 0.25) is 0 Å². The Morgan fingerprint density at radius 1 is 1.30 bits per heavy atom. The largest absolute Gasteiger partial charge is 0.419 e. The van der Waals surface area contributed by atoms with Crippen molar-refractivity contribution in [3.05, 3.63) is 40.2 Å².